The summed E-state index contributed by atoms with van der Waals surface area (Å²) in [7, 11) is 0. The number of alkyl halides is 5. The highest BCUT2D eigenvalue weighted by atomic mass is 19.3. The fourth-order valence-electron chi connectivity index (χ4n) is 0.559. The van der Waals surface area contributed by atoms with Crippen LogP contribution < -0.4 is 0 Å². The van der Waals surface area contributed by atoms with Gasteiger partial charge in [0.25, 0.3) is 0 Å². The van der Waals surface area contributed by atoms with Gasteiger partial charge in [-0.3, -0.25) is 0 Å². The molecule has 0 rings (SSSR count). The molecule has 0 bridgehead atoms. The van der Waals surface area contributed by atoms with Crippen molar-refractivity contribution in [2.45, 2.75) is 37.8 Å². The maximum Gasteiger partial charge on any atom is 0.312 e. The minimum absolute atomic E-state index is 0.0722. The Morgan fingerprint density at radius 1 is 1.25 bits per heavy atom. The second-order valence-electron chi connectivity index (χ2n) is 2.68. The van der Waals surface area contributed by atoms with Crippen LogP contribution in [-0.2, 0) is 0 Å². The van der Waals surface area contributed by atoms with Crippen molar-refractivity contribution in [1.82, 2.24) is 0 Å². The molecule has 0 aliphatic heterocycles. The monoisotopic (exact) mass is 189 g/mol. The van der Waals surface area contributed by atoms with E-state index in [1.807, 2.05) is 0 Å². The van der Waals surface area contributed by atoms with Crippen LogP contribution in [-0.4, -0.2) is 18.0 Å². The smallest absolute Gasteiger partial charge is 0.247 e. The van der Waals surface area contributed by atoms with Crippen molar-refractivity contribution in [2.75, 3.05) is 0 Å². The van der Waals surface area contributed by atoms with Gasteiger partial charge >= 0.3 is 11.8 Å². The zero-order valence-corrected chi connectivity index (χ0v) is 6.59. The Labute approximate surface area is 67.8 Å². The molecular formula is C7H10F5. The van der Waals surface area contributed by atoms with Crippen LogP contribution in [0.4, 0.5) is 22.0 Å². The van der Waals surface area contributed by atoms with Gasteiger partial charge in [-0.15, -0.1) is 0 Å². The fourth-order valence-corrected chi connectivity index (χ4v) is 0.559. The van der Waals surface area contributed by atoms with Crippen molar-refractivity contribution in [3.63, 3.8) is 0 Å². The van der Waals surface area contributed by atoms with Crippen LogP contribution in [0.15, 0.2) is 0 Å². The average Bonchev–Trinajstić information content (AvgIpc) is 1.84. The number of hydrogen-bond acceptors (Lipinski definition) is 0. The summed E-state index contributed by atoms with van der Waals surface area (Å²) in [5.74, 6) is -8.46. The van der Waals surface area contributed by atoms with Gasteiger partial charge in [0.15, 0.2) is 0 Å². The Morgan fingerprint density at radius 3 is 1.92 bits per heavy atom. The van der Waals surface area contributed by atoms with Crippen LogP contribution in [0.1, 0.15) is 19.8 Å². The molecule has 0 N–H and O–H groups in total. The van der Waals surface area contributed by atoms with Gasteiger partial charge in [0.05, 0.1) is 0 Å². The van der Waals surface area contributed by atoms with E-state index in [0.717, 1.165) is 0 Å². The van der Waals surface area contributed by atoms with Gasteiger partial charge in [-0.1, -0.05) is 6.92 Å². The zero-order valence-electron chi connectivity index (χ0n) is 6.59. The van der Waals surface area contributed by atoms with Crippen LogP contribution in [0.5, 0.6) is 0 Å². The predicted molar refractivity (Wildman–Crippen MR) is 35.1 cm³/mol. The molecule has 1 radical (unpaired) electrons. The van der Waals surface area contributed by atoms with Crippen molar-refractivity contribution in [2.24, 2.45) is 0 Å². The van der Waals surface area contributed by atoms with E-state index in [1.54, 1.807) is 0 Å². The van der Waals surface area contributed by atoms with E-state index >= 15 is 0 Å². The molecule has 0 aromatic carbocycles. The largest absolute Gasteiger partial charge is 0.312 e. The van der Waals surface area contributed by atoms with Gasteiger partial charge in [-0.05, 0) is 6.42 Å². The van der Waals surface area contributed by atoms with Gasteiger partial charge in [0.1, 0.15) is 6.17 Å². The van der Waals surface area contributed by atoms with Crippen LogP contribution in [0.3, 0.4) is 0 Å². The highest BCUT2D eigenvalue weighted by molar-refractivity contribution is 4.83. The lowest BCUT2D eigenvalue weighted by molar-refractivity contribution is -0.207. The SMILES string of the molecule is [CH2]C[C@H](F)CC(F)(F)C(C)(F)F. The summed E-state index contributed by atoms with van der Waals surface area (Å²) < 4.78 is 61.1. The Morgan fingerprint density at radius 2 is 1.67 bits per heavy atom. The van der Waals surface area contributed by atoms with E-state index < -0.39 is 30.9 Å². The van der Waals surface area contributed by atoms with Crippen LogP contribution >= 0.6 is 0 Å². The van der Waals surface area contributed by atoms with Crippen LogP contribution in [0.2, 0.25) is 0 Å². The van der Waals surface area contributed by atoms with E-state index in [-0.39, 0.29) is 6.92 Å². The second kappa shape index (κ2) is 3.58. The van der Waals surface area contributed by atoms with Gasteiger partial charge in [-0.2, -0.15) is 8.78 Å². The first-order chi connectivity index (χ1) is 5.20. The van der Waals surface area contributed by atoms with Crippen molar-refractivity contribution in [3.8, 4) is 0 Å². The lowest BCUT2D eigenvalue weighted by atomic mass is 10.1. The molecule has 0 amide bonds. The summed E-state index contributed by atoms with van der Waals surface area (Å²) in [5.41, 5.74) is 0. The van der Waals surface area contributed by atoms with Gasteiger partial charge in [0.2, 0.25) is 0 Å². The molecule has 1 atom stereocenters. The lowest BCUT2D eigenvalue weighted by Gasteiger charge is -2.23. The molecule has 0 saturated heterocycles. The van der Waals surface area contributed by atoms with E-state index in [0.29, 0.717) is 0 Å². The van der Waals surface area contributed by atoms with Crippen LogP contribution in [0, 0.1) is 6.92 Å². The third kappa shape index (κ3) is 2.95. The standard InChI is InChI=1S/C7H10F5/c1-3-5(8)4-7(11,12)6(2,9)10/h5H,1,3-4H2,2H3/t5-/m0/s1. The number of hydrogen-bond donors (Lipinski definition) is 0. The Balaban J connectivity index is 4.22. The van der Waals surface area contributed by atoms with Gasteiger partial charge in [0, 0.05) is 13.3 Å². The molecule has 5 heteroatoms. The van der Waals surface area contributed by atoms with E-state index in [9.17, 15) is 22.0 Å². The van der Waals surface area contributed by atoms with E-state index in [1.165, 1.54) is 0 Å². The molecule has 0 unspecified atom stereocenters. The average molecular weight is 189 g/mol. The first kappa shape index (κ1) is 11.6. The first-order valence-corrected chi connectivity index (χ1v) is 3.39. The van der Waals surface area contributed by atoms with Crippen molar-refractivity contribution >= 4 is 0 Å². The molecule has 0 aliphatic carbocycles. The minimum atomic E-state index is -4.29. The Bertz CT molecular complexity index is 137. The third-order valence-corrected chi connectivity index (χ3v) is 1.43. The van der Waals surface area contributed by atoms with Gasteiger partial charge in [-0.25, -0.2) is 13.2 Å². The third-order valence-electron chi connectivity index (χ3n) is 1.43. The molecule has 0 fully saturated rings. The molecule has 73 valence electrons. The normalized spacial score (nSPS) is 16.2. The molecule has 0 spiro atoms. The fraction of sp³-hybridized carbons (Fsp3) is 0.857. The Hall–Kier alpha value is -0.350. The predicted octanol–water partition coefficient (Wildman–Crippen LogP) is 3.23. The number of halogens is 5. The molecule has 0 nitrogen and oxygen atoms in total. The molecule has 0 heterocycles. The topological polar surface area (TPSA) is 0 Å². The minimum Gasteiger partial charge on any atom is -0.247 e. The summed E-state index contributed by atoms with van der Waals surface area (Å²) in [6.45, 7) is 3.07. The number of rotatable bonds is 4. The molecule has 0 aromatic rings. The molecule has 12 heavy (non-hydrogen) atoms. The van der Waals surface area contributed by atoms with Crippen molar-refractivity contribution in [1.29, 1.82) is 0 Å². The summed E-state index contributed by atoms with van der Waals surface area (Å²) in [5, 5.41) is 0. The zero-order chi connectivity index (χ0) is 9.99. The molecule has 0 aliphatic rings. The van der Waals surface area contributed by atoms with Crippen molar-refractivity contribution in [3.05, 3.63) is 6.92 Å². The summed E-state index contributed by atoms with van der Waals surface area (Å²) >= 11 is 0. The first-order valence-electron chi connectivity index (χ1n) is 3.39. The maximum atomic E-state index is 12.4. The Kier molecular flexibility index (Phi) is 3.47. The lowest BCUT2D eigenvalue weighted by Crippen LogP contribution is -2.39. The quantitative estimate of drug-likeness (QED) is 0.595. The molecular weight excluding hydrogens is 179 g/mol. The van der Waals surface area contributed by atoms with E-state index in [4.69, 9.17) is 0 Å². The molecule has 0 saturated carbocycles. The van der Waals surface area contributed by atoms with Gasteiger partial charge < -0.3 is 0 Å². The molecule has 0 aromatic heterocycles. The highest BCUT2D eigenvalue weighted by Gasteiger charge is 2.52. The summed E-state index contributed by atoms with van der Waals surface area (Å²) in [6, 6.07) is 0. The van der Waals surface area contributed by atoms with Crippen LogP contribution in [0.25, 0.3) is 0 Å². The van der Waals surface area contributed by atoms with Crippen molar-refractivity contribution < 1.29 is 22.0 Å². The highest BCUT2D eigenvalue weighted by Crippen LogP contribution is 2.38. The summed E-state index contributed by atoms with van der Waals surface area (Å²) in [6.07, 6.45) is -3.88. The second-order valence-corrected chi connectivity index (χ2v) is 2.68. The van der Waals surface area contributed by atoms with E-state index in [2.05, 4.69) is 6.92 Å². The maximum absolute atomic E-state index is 12.4. The summed E-state index contributed by atoms with van der Waals surface area (Å²) in [4.78, 5) is 0.